The summed E-state index contributed by atoms with van der Waals surface area (Å²) in [6.45, 7) is 8.73. The first kappa shape index (κ1) is 16.1. The number of hydrogen-bond donors (Lipinski definition) is 1. The molecule has 112 valence electrons. The second-order valence-electron chi connectivity index (χ2n) is 6.01. The number of benzene rings is 2. The minimum atomic E-state index is 0.334. The smallest absolute Gasteiger partial charge is 0.0438 e. The normalized spacial score (nSPS) is 14.0. The molecular weight excluding hydrogens is 278 g/mol. The van der Waals surface area contributed by atoms with Gasteiger partial charge in [-0.25, -0.2) is 0 Å². The summed E-state index contributed by atoms with van der Waals surface area (Å²) in [6.07, 6.45) is 0.939. The van der Waals surface area contributed by atoms with Gasteiger partial charge in [-0.1, -0.05) is 59.1 Å². The molecule has 1 nitrogen and oxygen atoms in total. The van der Waals surface area contributed by atoms with Crippen molar-refractivity contribution >= 4 is 11.6 Å². The molecule has 0 spiro atoms. The highest BCUT2D eigenvalue weighted by molar-refractivity contribution is 6.31. The predicted octanol–water partition coefficient (Wildman–Crippen LogP) is 5.24. The summed E-state index contributed by atoms with van der Waals surface area (Å²) in [5, 5.41) is 4.52. The van der Waals surface area contributed by atoms with Crippen molar-refractivity contribution in [2.24, 2.45) is 0 Å². The summed E-state index contributed by atoms with van der Waals surface area (Å²) in [5.74, 6) is 0. The Morgan fingerprint density at radius 2 is 1.62 bits per heavy atom. The SMILES string of the molecule is Cc1cc(C)cc(C(C)NC(C)Cc2ccccc2Cl)c1. The van der Waals surface area contributed by atoms with Crippen molar-refractivity contribution in [3.05, 3.63) is 69.7 Å². The third kappa shape index (κ3) is 4.59. The lowest BCUT2D eigenvalue weighted by Gasteiger charge is -2.21. The largest absolute Gasteiger partial charge is 0.307 e. The third-order valence-corrected chi connectivity index (χ3v) is 4.13. The summed E-state index contributed by atoms with van der Waals surface area (Å²) in [4.78, 5) is 0. The molecule has 2 heteroatoms. The second-order valence-corrected chi connectivity index (χ2v) is 6.41. The van der Waals surface area contributed by atoms with Crippen molar-refractivity contribution in [1.29, 1.82) is 0 Å². The lowest BCUT2D eigenvalue weighted by atomic mass is 10.0. The van der Waals surface area contributed by atoms with Crippen LogP contribution in [0.2, 0.25) is 5.02 Å². The predicted molar refractivity (Wildman–Crippen MR) is 92.1 cm³/mol. The second kappa shape index (κ2) is 7.11. The van der Waals surface area contributed by atoms with Crippen molar-refractivity contribution in [1.82, 2.24) is 5.32 Å². The van der Waals surface area contributed by atoms with Gasteiger partial charge in [0, 0.05) is 17.1 Å². The zero-order chi connectivity index (χ0) is 15.4. The molecule has 2 aromatic carbocycles. The molecule has 0 amide bonds. The van der Waals surface area contributed by atoms with E-state index in [0.29, 0.717) is 12.1 Å². The fourth-order valence-electron chi connectivity index (χ4n) is 2.84. The summed E-state index contributed by atoms with van der Waals surface area (Å²) in [5.41, 5.74) is 5.18. The van der Waals surface area contributed by atoms with E-state index in [1.165, 1.54) is 22.3 Å². The number of halogens is 1. The molecule has 2 atom stereocenters. The van der Waals surface area contributed by atoms with Crippen LogP contribution in [-0.4, -0.2) is 6.04 Å². The fraction of sp³-hybridized carbons (Fsp3) is 0.368. The molecule has 0 radical (unpaired) electrons. The molecule has 0 aliphatic heterocycles. The van der Waals surface area contributed by atoms with Crippen LogP contribution in [0.25, 0.3) is 0 Å². The quantitative estimate of drug-likeness (QED) is 0.796. The Kier molecular flexibility index (Phi) is 5.44. The van der Waals surface area contributed by atoms with Crippen molar-refractivity contribution in [3.8, 4) is 0 Å². The zero-order valence-electron chi connectivity index (χ0n) is 13.3. The maximum absolute atomic E-state index is 6.24. The lowest BCUT2D eigenvalue weighted by Crippen LogP contribution is -2.30. The van der Waals surface area contributed by atoms with E-state index < -0.39 is 0 Å². The van der Waals surface area contributed by atoms with Gasteiger partial charge in [0.2, 0.25) is 0 Å². The molecule has 1 N–H and O–H groups in total. The standard InChI is InChI=1S/C19H24ClN/c1-13-9-14(2)11-18(10-13)16(4)21-15(3)12-17-7-5-6-8-19(17)20/h5-11,15-16,21H,12H2,1-4H3. The van der Waals surface area contributed by atoms with Gasteiger partial charge in [-0.3, -0.25) is 0 Å². The number of aryl methyl sites for hydroxylation is 2. The van der Waals surface area contributed by atoms with Crippen molar-refractivity contribution < 1.29 is 0 Å². The number of nitrogens with one attached hydrogen (secondary N) is 1. The Morgan fingerprint density at radius 3 is 2.24 bits per heavy atom. The molecule has 0 aliphatic carbocycles. The first-order chi connectivity index (χ1) is 9.95. The molecule has 0 saturated heterocycles. The monoisotopic (exact) mass is 301 g/mol. The van der Waals surface area contributed by atoms with E-state index in [-0.39, 0.29) is 0 Å². The average Bonchev–Trinajstić information content (AvgIpc) is 2.40. The molecule has 0 saturated carbocycles. The Morgan fingerprint density at radius 1 is 1.00 bits per heavy atom. The molecule has 2 aromatic rings. The summed E-state index contributed by atoms with van der Waals surface area (Å²) >= 11 is 6.24. The Balaban J connectivity index is 2.02. The first-order valence-corrected chi connectivity index (χ1v) is 7.91. The Labute approximate surface area is 133 Å². The third-order valence-electron chi connectivity index (χ3n) is 3.76. The molecule has 2 unspecified atom stereocenters. The van der Waals surface area contributed by atoms with Crippen LogP contribution >= 0.6 is 11.6 Å². The topological polar surface area (TPSA) is 12.0 Å². The van der Waals surface area contributed by atoms with Gasteiger partial charge >= 0.3 is 0 Å². The first-order valence-electron chi connectivity index (χ1n) is 7.53. The summed E-state index contributed by atoms with van der Waals surface area (Å²) in [6, 6.07) is 15.5. The number of rotatable bonds is 5. The van der Waals surface area contributed by atoms with Crippen LogP contribution in [0, 0.1) is 13.8 Å². The van der Waals surface area contributed by atoms with E-state index >= 15 is 0 Å². The van der Waals surface area contributed by atoms with Crippen LogP contribution < -0.4 is 5.32 Å². The van der Waals surface area contributed by atoms with Gasteiger partial charge in [-0.05, 0) is 51.3 Å². The van der Waals surface area contributed by atoms with Crippen LogP contribution in [0.4, 0.5) is 0 Å². The van der Waals surface area contributed by atoms with Crippen LogP contribution in [0.15, 0.2) is 42.5 Å². The Hall–Kier alpha value is -1.31. The van der Waals surface area contributed by atoms with E-state index in [1.807, 2.05) is 18.2 Å². The van der Waals surface area contributed by atoms with Crippen molar-refractivity contribution in [2.75, 3.05) is 0 Å². The van der Waals surface area contributed by atoms with Gasteiger partial charge in [-0.2, -0.15) is 0 Å². The molecule has 0 aromatic heterocycles. The average molecular weight is 302 g/mol. The minimum absolute atomic E-state index is 0.334. The highest BCUT2D eigenvalue weighted by Gasteiger charge is 2.12. The van der Waals surface area contributed by atoms with Crippen molar-refractivity contribution in [2.45, 2.75) is 46.2 Å². The fourth-order valence-corrected chi connectivity index (χ4v) is 3.05. The van der Waals surface area contributed by atoms with E-state index in [1.54, 1.807) is 0 Å². The van der Waals surface area contributed by atoms with Crippen LogP contribution in [0.3, 0.4) is 0 Å². The van der Waals surface area contributed by atoms with Gasteiger partial charge in [0.25, 0.3) is 0 Å². The molecule has 2 rings (SSSR count). The highest BCUT2D eigenvalue weighted by atomic mass is 35.5. The van der Waals surface area contributed by atoms with Crippen LogP contribution in [0.5, 0.6) is 0 Å². The van der Waals surface area contributed by atoms with Gasteiger partial charge in [0.1, 0.15) is 0 Å². The molecule has 0 aliphatic rings. The van der Waals surface area contributed by atoms with Crippen LogP contribution in [-0.2, 0) is 6.42 Å². The summed E-state index contributed by atoms with van der Waals surface area (Å²) in [7, 11) is 0. The van der Waals surface area contributed by atoms with E-state index in [2.05, 4.69) is 57.3 Å². The van der Waals surface area contributed by atoms with Gasteiger partial charge in [-0.15, -0.1) is 0 Å². The summed E-state index contributed by atoms with van der Waals surface area (Å²) < 4.78 is 0. The maximum Gasteiger partial charge on any atom is 0.0438 e. The molecule has 0 heterocycles. The van der Waals surface area contributed by atoms with E-state index in [4.69, 9.17) is 11.6 Å². The van der Waals surface area contributed by atoms with Gasteiger partial charge < -0.3 is 5.32 Å². The van der Waals surface area contributed by atoms with Crippen molar-refractivity contribution in [3.63, 3.8) is 0 Å². The van der Waals surface area contributed by atoms with Crippen LogP contribution in [0.1, 0.15) is 42.1 Å². The molecule has 0 fully saturated rings. The molecule has 21 heavy (non-hydrogen) atoms. The minimum Gasteiger partial charge on any atom is -0.307 e. The van der Waals surface area contributed by atoms with Gasteiger partial charge in [0.15, 0.2) is 0 Å². The van der Waals surface area contributed by atoms with E-state index in [9.17, 15) is 0 Å². The zero-order valence-corrected chi connectivity index (χ0v) is 14.0. The highest BCUT2D eigenvalue weighted by Crippen LogP contribution is 2.20. The van der Waals surface area contributed by atoms with Gasteiger partial charge in [0.05, 0.1) is 0 Å². The molecular formula is C19H24ClN. The Bertz CT molecular complexity index is 586. The maximum atomic E-state index is 6.24. The number of hydrogen-bond acceptors (Lipinski definition) is 1. The van der Waals surface area contributed by atoms with E-state index in [0.717, 1.165) is 11.4 Å². The molecule has 0 bridgehead atoms. The lowest BCUT2D eigenvalue weighted by molar-refractivity contribution is 0.477.